The SMILES string of the molecule is C[C@@H](O)CN1CCN(c2ccc(S(C)(=O)=O)c([N+](=O)[O-])c2)CC1. The minimum absolute atomic E-state index is 0.265. The van der Waals surface area contributed by atoms with Crippen LogP contribution in [0.3, 0.4) is 0 Å². The first-order valence-electron chi connectivity index (χ1n) is 7.32. The maximum atomic E-state index is 11.6. The van der Waals surface area contributed by atoms with Crippen molar-refractivity contribution in [2.45, 2.75) is 17.9 Å². The summed E-state index contributed by atoms with van der Waals surface area (Å²) in [7, 11) is -3.64. The summed E-state index contributed by atoms with van der Waals surface area (Å²) >= 11 is 0. The Hall–Kier alpha value is -1.71. The summed E-state index contributed by atoms with van der Waals surface area (Å²) in [6.07, 6.45) is 0.570. The molecular formula is C14H21N3O5S. The zero-order valence-electron chi connectivity index (χ0n) is 13.2. The van der Waals surface area contributed by atoms with Gasteiger partial charge in [-0.2, -0.15) is 0 Å². The minimum atomic E-state index is -3.64. The first kappa shape index (κ1) is 17.6. The van der Waals surface area contributed by atoms with Crippen molar-refractivity contribution in [3.05, 3.63) is 28.3 Å². The second-order valence-corrected chi connectivity index (χ2v) is 7.80. The molecule has 1 N–H and O–H groups in total. The van der Waals surface area contributed by atoms with E-state index in [1.165, 1.54) is 12.1 Å². The summed E-state index contributed by atoms with van der Waals surface area (Å²) in [5, 5.41) is 20.6. The van der Waals surface area contributed by atoms with E-state index < -0.39 is 26.6 Å². The van der Waals surface area contributed by atoms with E-state index in [4.69, 9.17) is 0 Å². The van der Waals surface area contributed by atoms with Crippen molar-refractivity contribution < 1.29 is 18.4 Å². The monoisotopic (exact) mass is 343 g/mol. The van der Waals surface area contributed by atoms with Gasteiger partial charge in [0.25, 0.3) is 5.69 Å². The highest BCUT2D eigenvalue weighted by molar-refractivity contribution is 7.90. The van der Waals surface area contributed by atoms with Gasteiger partial charge in [0.05, 0.1) is 11.0 Å². The average molecular weight is 343 g/mol. The summed E-state index contributed by atoms with van der Waals surface area (Å²) in [4.78, 5) is 14.3. The number of hydrogen-bond acceptors (Lipinski definition) is 7. The zero-order chi connectivity index (χ0) is 17.2. The predicted molar refractivity (Wildman–Crippen MR) is 86.5 cm³/mol. The van der Waals surface area contributed by atoms with Crippen LogP contribution < -0.4 is 4.90 Å². The molecule has 128 valence electrons. The van der Waals surface area contributed by atoms with Crippen LogP contribution in [0.5, 0.6) is 0 Å². The van der Waals surface area contributed by atoms with Gasteiger partial charge in [-0.25, -0.2) is 8.42 Å². The Bertz CT molecular complexity index is 682. The third-order valence-corrected chi connectivity index (χ3v) is 4.94. The van der Waals surface area contributed by atoms with Gasteiger partial charge in [-0.15, -0.1) is 0 Å². The number of aliphatic hydroxyl groups is 1. The summed E-state index contributed by atoms with van der Waals surface area (Å²) in [5.41, 5.74) is 0.247. The molecule has 1 fully saturated rings. The number of aliphatic hydroxyl groups excluding tert-OH is 1. The van der Waals surface area contributed by atoms with Crippen LogP contribution in [0, 0.1) is 10.1 Å². The molecule has 1 aliphatic rings. The number of β-amino-alcohol motifs (C(OH)–C–C–N with tert-alkyl or cyclic N) is 1. The molecule has 0 unspecified atom stereocenters. The van der Waals surface area contributed by atoms with Crippen molar-refractivity contribution in [1.29, 1.82) is 0 Å². The van der Waals surface area contributed by atoms with Gasteiger partial charge in [0.1, 0.15) is 4.90 Å². The summed E-state index contributed by atoms with van der Waals surface area (Å²) < 4.78 is 23.3. The lowest BCUT2D eigenvalue weighted by atomic mass is 10.2. The fourth-order valence-corrected chi connectivity index (χ4v) is 3.55. The molecule has 1 atom stereocenters. The molecule has 0 amide bonds. The molecule has 8 nitrogen and oxygen atoms in total. The number of benzene rings is 1. The molecule has 0 aromatic heterocycles. The second-order valence-electron chi connectivity index (χ2n) is 5.82. The van der Waals surface area contributed by atoms with E-state index >= 15 is 0 Å². The van der Waals surface area contributed by atoms with Crippen molar-refractivity contribution in [1.82, 2.24) is 4.90 Å². The summed E-state index contributed by atoms with van der Waals surface area (Å²) in [5.74, 6) is 0. The molecule has 0 saturated carbocycles. The highest BCUT2D eigenvalue weighted by atomic mass is 32.2. The van der Waals surface area contributed by atoms with Gasteiger partial charge in [0.15, 0.2) is 9.84 Å². The predicted octanol–water partition coefficient (Wildman–Crippen LogP) is 0.501. The van der Waals surface area contributed by atoms with Crippen molar-refractivity contribution in [2.75, 3.05) is 43.9 Å². The van der Waals surface area contributed by atoms with Gasteiger partial charge < -0.3 is 10.0 Å². The number of rotatable bonds is 5. The number of piperazine rings is 1. The van der Waals surface area contributed by atoms with Crippen LogP contribution in [0.25, 0.3) is 0 Å². The molecule has 0 aliphatic carbocycles. The fraction of sp³-hybridized carbons (Fsp3) is 0.571. The first-order chi connectivity index (χ1) is 10.7. The van der Waals surface area contributed by atoms with Gasteiger partial charge in [-0.1, -0.05) is 0 Å². The highest BCUT2D eigenvalue weighted by Gasteiger charge is 2.25. The highest BCUT2D eigenvalue weighted by Crippen LogP contribution is 2.29. The molecule has 0 spiro atoms. The van der Waals surface area contributed by atoms with Crippen LogP contribution in [0.15, 0.2) is 23.1 Å². The van der Waals surface area contributed by atoms with Crippen LogP contribution in [0.2, 0.25) is 0 Å². The standard InChI is InChI=1S/C14H21N3O5S/c1-11(18)10-15-5-7-16(8-6-15)12-3-4-14(23(2,21)22)13(9-12)17(19)20/h3-4,9,11,18H,5-8,10H2,1-2H3/t11-/m1/s1. The first-order valence-corrected chi connectivity index (χ1v) is 9.21. The molecule has 9 heteroatoms. The van der Waals surface area contributed by atoms with Gasteiger partial charge in [-0.05, 0) is 19.1 Å². The Morgan fingerprint density at radius 2 is 1.91 bits per heavy atom. The van der Waals surface area contributed by atoms with Gasteiger partial charge in [-0.3, -0.25) is 15.0 Å². The van der Waals surface area contributed by atoms with Gasteiger partial charge in [0, 0.05) is 50.7 Å². The molecule has 1 aromatic carbocycles. The van der Waals surface area contributed by atoms with E-state index in [1.54, 1.807) is 13.0 Å². The molecule has 1 aliphatic heterocycles. The van der Waals surface area contributed by atoms with Gasteiger partial charge in [0.2, 0.25) is 0 Å². The lowest BCUT2D eigenvalue weighted by molar-refractivity contribution is -0.387. The fourth-order valence-electron chi connectivity index (χ4n) is 2.72. The van der Waals surface area contributed by atoms with E-state index in [2.05, 4.69) is 4.90 Å². The summed E-state index contributed by atoms with van der Waals surface area (Å²) in [6.45, 7) is 5.16. The Labute approximate surface area is 135 Å². The molecule has 0 bridgehead atoms. The third-order valence-electron chi connectivity index (χ3n) is 3.80. The topological polar surface area (TPSA) is 104 Å². The van der Waals surface area contributed by atoms with E-state index in [0.29, 0.717) is 25.3 Å². The number of nitro benzene ring substituents is 1. The second kappa shape index (κ2) is 6.81. The van der Waals surface area contributed by atoms with Crippen LogP contribution >= 0.6 is 0 Å². The van der Waals surface area contributed by atoms with E-state index in [1.807, 2.05) is 4.90 Å². The third kappa shape index (κ3) is 4.40. The summed E-state index contributed by atoms with van der Waals surface area (Å²) in [6, 6.07) is 4.22. The smallest absolute Gasteiger partial charge is 0.290 e. The lowest BCUT2D eigenvalue weighted by Gasteiger charge is -2.36. The van der Waals surface area contributed by atoms with Crippen molar-refractivity contribution in [3.8, 4) is 0 Å². The number of nitrogens with zero attached hydrogens (tertiary/aromatic N) is 3. The number of anilines is 1. The molecule has 0 radical (unpaired) electrons. The van der Waals surface area contributed by atoms with E-state index in [-0.39, 0.29) is 4.90 Å². The van der Waals surface area contributed by atoms with E-state index in [9.17, 15) is 23.6 Å². The molecule has 1 saturated heterocycles. The lowest BCUT2D eigenvalue weighted by Crippen LogP contribution is -2.48. The molecular weight excluding hydrogens is 322 g/mol. The number of sulfone groups is 1. The molecule has 23 heavy (non-hydrogen) atoms. The van der Waals surface area contributed by atoms with Crippen molar-refractivity contribution in [3.63, 3.8) is 0 Å². The zero-order valence-corrected chi connectivity index (χ0v) is 14.0. The largest absolute Gasteiger partial charge is 0.392 e. The van der Waals surface area contributed by atoms with E-state index in [0.717, 1.165) is 19.3 Å². The normalized spacial score (nSPS) is 18.0. The minimum Gasteiger partial charge on any atom is -0.392 e. The number of hydrogen-bond donors (Lipinski definition) is 1. The maximum Gasteiger partial charge on any atom is 0.290 e. The van der Waals surface area contributed by atoms with Crippen LogP contribution in [-0.2, 0) is 9.84 Å². The maximum absolute atomic E-state index is 11.6. The van der Waals surface area contributed by atoms with Crippen molar-refractivity contribution >= 4 is 21.2 Å². The molecule has 1 heterocycles. The van der Waals surface area contributed by atoms with Crippen LogP contribution in [0.4, 0.5) is 11.4 Å². The Balaban J connectivity index is 2.19. The number of nitro groups is 1. The van der Waals surface area contributed by atoms with Gasteiger partial charge >= 0.3 is 0 Å². The average Bonchev–Trinajstić information content (AvgIpc) is 2.46. The quantitative estimate of drug-likeness (QED) is 0.613. The Morgan fingerprint density at radius 1 is 1.30 bits per heavy atom. The van der Waals surface area contributed by atoms with Crippen LogP contribution in [-0.4, -0.2) is 68.4 Å². The van der Waals surface area contributed by atoms with Crippen LogP contribution in [0.1, 0.15) is 6.92 Å². The Kier molecular flexibility index (Phi) is 5.23. The molecule has 2 rings (SSSR count). The molecule has 1 aromatic rings. The Morgan fingerprint density at radius 3 is 2.39 bits per heavy atom. The van der Waals surface area contributed by atoms with Crippen molar-refractivity contribution in [2.24, 2.45) is 0 Å².